The first-order valence-electron chi connectivity index (χ1n) is 1.50. The van der Waals surface area contributed by atoms with Gasteiger partial charge in [0.2, 0.25) is 0 Å². The van der Waals surface area contributed by atoms with Gasteiger partial charge >= 0.3 is 35.5 Å². The Kier molecular flexibility index (Phi) is 14.3. The number of carboxylic acids is 1. The van der Waals surface area contributed by atoms with Gasteiger partial charge in [0.1, 0.15) is 0 Å². The van der Waals surface area contributed by atoms with Gasteiger partial charge in [0.25, 0.3) is 5.78 Å². The molecule has 48 valence electrons. The second-order valence-corrected chi connectivity index (χ2v) is 0.862. The Labute approximate surface area is 72.6 Å². The summed E-state index contributed by atoms with van der Waals surface area (Å²) in [4.78, 5) is 18.9. The minimum Gasteiger partial charge on any atom is -0.475 e. The van der Waals surface area contributed by atoms with Crippen molar-refractivity contribution in [2.45, 2.75) is 0 Å². The van der Waals surface area contributed by atoms with Crippen molar-refractivity contribution in [1.82, 2.24) is 0 Å². The van der Waals surface area contributed by atoms with Crippen molar-refractivity contribution in [1.29, 1.82) is 0 Å². The molecule has 3 N–H and O–H groups in total. The number of aliphatic carboxylic acids is 1. The maximum absolute atomic E-state index is 10.9. The van der Waals surface area contributed by atoms with Crippen LogP contribution in [0.1, 0.15) is 0 Å². The zero-order valence-electron chi connectivity index (χ0n) is 4.85. The first-order valence-corrected chi connectivity index (χ1v) is 1.50. The van der Waals surface area contributed by atoms with E-state index in [4.69, 9.17) is 5.11 Å². The third-order valence-corrected chi connectivity index (χ3v) is 0.360. The van der Waals surface area contributed by atoms with E-state index in [-0.39, 0.29) is 35.0 Å². The Balaban J connectivity index is -0.000000180. The van der Waals surface area contributed by atoms with E-state index in [0.29, 0.717) is 0 Å². The predicted molar refractivity (Wildman–Crippen MR) is 22.2 cm³/mol. The van der Waals surface area contributed by atoms with E-state index < -0.39 is 18.4 Å². The second kappa shape index (κ2) is 8.03. The van der Waals surface area contributed by atoms with Crippen LogP contribution in [0.5, 0.6) is 0 Å². The predicted octanol–water partition coefficient (Wildman–Crippen LogP) is -4.21. The van der Waals surface area contributed by atoms with E-state index in [1.54, 1.807) is 0 Å². The summed E-state index contributed by atoms with van der Waals surface area (Å²) >= 11 is 0. The van der Waals surface area contributed by atoms with Crippen molar-refractivity contribution in [3.63, 3.8) is 0 Å². The molecular formula is C3H5FNaO4+. The normalized spacial score (nSPS) is 6.33. The molecule has 0 atom stereocenters. The Morgan fingerprint density at radius 2 is 1.78 bits per heavy atom. The molecule has 0 spiro atoms. The molecule has 0 fully saturated rings. The molecule has 0 aromatic heterocycles. The van der Waals surface area contributed by atoms with Gasteiger partial charge in [-0.1, -0.05) is 0 Å². The molecule has 0 unspecified atom stereocenters. The van der Waals surface area contributed by atoms with Gasteiger partial charge in [0.05, 0.1) is 0 Å². The largest absolute Gasteiger partial charge is 1.00 e. The van der Waals surface area contributed by atoms with Crippen molar-refractivity contribution >= 4 is 11.8 Å². The number of carbonyl (C=O) groups is 2. The van der Waals surface area contributed by atoms with Gasteiger partial charge in [0.15, 0.2) is 6.67 Å². The molecule has 6 heteroatoms. The summed E-state index contributed by atoms with van der Waals surface area (Å²) in [6.45, 7) is -1.42. The van der Waals surface area contributed by atoms with E-state index in [1.807, 2.05) is 0 Å². The van der Waals surface area contributed by atoms with Crippen LogP contribution in [-0.4, -0.2) is 29.0 Å². The molecule has 9 heavy (non-hydrogen) atoms. The van der Waals surface area contributed by atoms with E-state index in [0.717, 1.165) is 0 Å². The molecule has 0 rings (SSSR count). The number of alkyl halides is 1. The maximum atomic E-state index is 10.9. The quantitative estimate of drug-likeness (QED) is 0.317. The number of hydrogen-bond donors (Lipinski definition) is 1. The van der Waals surface area contributed by atoms with Crippen LogP contribution in [0.25, 0.3) is 0 Å². The monoisotopic (exact) mass is 147 g/mol. The summed E-state index contributed by atoms with van der Waals surface area (Å²) in [6, 6.07) is 0. The molecular weight excluding hydrogens is 142 g/mol. The molecule has 0 radical (unpaired) electrons. The number of hydrogen-bond acceptors (Lipinski definition) is 2. The Bertz CT molecular complexity index is 104. The van der Waals surface area contributed by atoms with Gasteiger partial charge < -0.3 is 10.6 Å². The zero-order chi connectivity index (χ0) is 5.86. The molecule has 0 aromatic carbocycles. The van der Waals surface area contributed by atoms with Gasteiger partial charge in [-0.3, -0.25) is 4.79 Å². The van der Waals surface area contributed by atoms with E-state index >= 15 is 0 Å². The molecule has 0 heterocycles. The van der Waals surface area contributed by atoms with Crippen LogP contribution in [0.2, 0.25) is 0 Å². The first kappa shape index (κ1) is 16.0. The molecule has 0 amide bonds. The maximum Gasteiger partial charge on any atom is 1.00 e. The first-order chi connectivity index (χ1) is 3.18. The van der Waals surface area contributed by atoms with Crippen LogP contribution in [0, 0.1) is 0 Å². The molecule has 0 aromatic rings. The number of carboxylic acid groups (broad SMARTS) is 1. The summed E-state index contributed by atoms with van der Waals surface area (Å²) in [5.41, 5.74) is 0. The van der Waals surface area contributed by atoms with Crippen molar-refractivity contribution in [3.05, 3.63) is 0 Å². The Hall–Kier alpha value is 0.0300. The number of carbonyl (C=O) groups excluding carboxylic acids is 1. The van der Waals surface area contributed by atoms with E-state index in [9.17, 15) is 14.0 Å². The summed E-state index contributed by atoms with van der Waals surface area (Å²) in [5, 5.41) is 7.59. The van der Waals surface area contributed by atoms with Crippen LogP contribution < -0.4 is 29.6 Å². The zero-order valence-corrected chi connectivity index (χ0v) is 6.85. The SMILES string of the molecule is O.O=C(O)C(=O)CF.[Na+]. The average molecular weight is 147 g/mol. The van der Waals surface area contributed by atoms with E-state index in [2.05, 4.69) is 0 Å². The summed E-state index contributed by atoms with van der Waals surface area (Å²) in [5.74, 6) is -3.12. The molecule has 0 bridgehead atoms. The standard InChI is InChI=1S/C3H3FO3.Na.H2O/c4-1-2(5)3(6)7;;/h1H2,(H,6,7);;1H2/q;+1;. The molecule has 0 aliphatic heterocycles. The number of rotatable bonds is 2. The average Bonchev–Trinajstić information content (AvgIpc) is 1.65. The minimum atomic E-state index is -1.72. The van der Waals surface area contributed by atoms with Crippen LogP contribution in [0.15, 0.2) is 0 Å². The molecule has 0 saturated heterocycles. The van der Waals surface area contributed by atoms with Gasteiger partial charge in [0, 0.05) is 0 Å². The minimum absolute atomic E-state index is 0. The van der Waals surface area contributed by atoms with E-state index in [1.165, 1.54) is 0 Å². The Morgan fingerprint density at radius 3 is 1.78 bits per heavy atom. The molecule has 0 aliphatic rings. The number of halogens is 1. The summed E-state index contributed by atoms with van der Waals surface area (Å²) in [6.07, 6.45) is 0. The number of Topliss-reactive ketones (excluding diaryl/α,β-unsaturated/α-hetero) is 1. The molecule has 0 aliphatic carbocycles. The summed E-state index contributed by atoms with van der Waals surface area (Å²) < 4.78 is 10.9. The molecule has 0 saturated carbocycles. The van der Waals surface area contributed by atoms with Crippen LogP contribution >= 0.6 is 0 Å². The van der Waals surface area contributed by atoms with Gasteiger partial charge in [-0.05, 0) is 0 Å². The van der Waals surface area contributed by atoms with Crippen molar-refractivity contribution in [2.75, 3.05) is 6.67 Å². The van der Waals surface area contributed by atoms with Crippen molar-refractivity contribution in [2.24, 2.45) is 0 Å². The van der Waals surface area contributed by atoms with Gasteiger partial charge in [-0.25, -0.2) is 9.18 Å². The Morgan fingerprint density at radius 1 is 1.44 bits per heavy atom. The van der Waals surface area contributed by atoms with Gasteiger partial charge in [-0.2, -0.15) is 0 Å². The fourth-order valence-electron chi connectivity index (χ4n) is 0.0572. The van der Waals surface area contributed by atoms with Crippen molar-refractivity contribution < 1.29 is 54.1 Å². The van der Waals surface area contributed by atoms with Gasteiger partial charge in [-0.15, -0.1) is 0 Å². The van der Waals surface area contributed by atoms with Crippen LogP contribution in [0.3, 0.4) is 0 Å². The fraction of sp³-hybridized carbons (Fsp3) is 0.333. The van der Waals surface area contributed by atoms with Crippen LogP contribution in [0.4, 0.5) is 4.39 Å². The second-order valence-electron chi connectivity index (χ2n) is 0.862. The number of ketones is 1. The fourth-order valence-corrected chi connectivity index (χ4v) is 0.0572. The summed E-state index contributed by atoms with van der Waals surface area (Å²) in [7, 11) is 0. The van der Waals surface area contributed by atoms with Crippen molar-refractivity contribution in [3.8, 4) is 0 Å². The topological polar surface area (TPSA) is 85.9 Å². The third kappa shape index (κ3) is 8.03. The van der Waals surface area contributed by atoms with Crippen LogP contribution in [-0.2, 0) is 9.59 Å². The smallest absolute Gasteiger partial charge is 0.475 e. The molecule has 4 nitrogen and oxygen atoms in total. The third-order valence-electron chi connectivity index (χ3n) is 0.360.